The van der Waals surface area contributed by atoms with Crippen molar-refractivity contribution in [2.45, 2.75) is 0 Å². The van der Waals surface area contributed by atoms with E-state index < -0.39 is 0 Å². The van der Waals surface area contributed by atoms with E-state index in [-0.39, 0.29) is 0 Å². The van der Waals surface area contributed by atoms with Crippen LogP contribution in [0.1, 0.15) is 11.1 Å². The van der Waals surface area contributed by atoms with Gasteiger partial charge in [-0.15, -0.1) is 6.42 Å². The lowest BCUT2D eigenvalue weighted by Gasteiger charge is -1.96. The molecule has 0 fully saturated rings. The Kier molecular flexibility index (Phi) is 2.25. The molecule has 0 heterocycles. The van der Waals surface area contributed by atoms with Crippen molar-refractivity contribution >= 4 is 17.2 Å². The summed E-state index contributed by atoms with van der Waals surface area (Å²) in [5.41, 5.74) is 7.07. The van der Waals surface area contributed by atoms with E-state index in [1.165, 1.54) is 0 Å². The van der Waals surface area contributed by atoms with Gasteiger partial charge in [-0.05, 0) is 12.1 Å². The van der Waals surface area contributed by atoms with Crippen LogP contribution in [-0.2, 0) is 0 Å². The van der Waals surface area contributed by atoms with E-state index in [2.05, 4.69) is 5.92 Å². The lowest BCUT2D eigenvalue weighted by atomic mass is 10.1. The van der Waals surface area contributed by atoms with Crippen molar-refractivity contribution in [1.82, 2.24) is 0 Å². The molecular formula is C9H7NS. The molecule has 0 amide bonds. The number of nitrogens with two attached hydrogens (primary N) is 1. The third-order valence-electron chi connectivity index (χ3n) is 1.34. The Morgan fingerprint density at radius 2 is 1.91 bits per heavy atom. The summed E-state index contributed by atoms with van der Waals surface area (Å²) in [7, 11) is 0. The van der Waals surface area contributed by atoms with Crippen molar-refractivity contribution in [2.75, 3.05) is 0 Å². The zero-order valence-electron chi connectivity index (χ0n) is 5.87. The number of thiocarbonyl (C=S) groups is 1. The number of hydrogen-bond acceptors (Lipinski definition) is 1. The fourth-order valence-corrected chi connectivity index (χ4v) is 0.867. The smallest absolute Gasteiger partial charge is 0.103 e. The molecule has 2 N–H and O–H groups in total. The van der Waals surface area contributed by atoms with Crippen molar-refractivity contribution in [1.29, 1.82) is 0 Å². The van der Waals surface area contributed by atoms with Crippen molar-refractivity contribution in [3.05, 3.63) is 35.4 Å². The molecule has 0 atom stereocenters. The van der Waals surface area contributed by atoms with Gasteiger partial charge in [0.15, 0.2) is 0 Å². The second-order valence-electron chi connectivity index (χ2n) is 2.09. The molecule has 54 valence electrons. The van der Waals surface area contributed by atoms with E-state index in [1.54, 1.807) is 0 Å². The zero-order valence-corrected chi connectivity index (χ0v) is 6.69. The topological polar surface area (TPSA) is 26.0 Å². The molecule has 1 aromatic carbocycles. The fraction of sp³-hybridized carbons (Fsp3) is 0. The van der Waals surface area contributed by atoms with Gasteiger partial charge >= 0.3 is 0 Å². The summed E-state index contributed by atoms with van der Waals surface area (Å²) in [4.78, 5) is 0.397. The zero-order chi connectivity index (χ0) is 8.27. The van der Waals surface area contributed by atoms with Crippen LogP contribution in [0.5, 0.6) is 0 Å². The van der Waals surface area contributed by atoms with Crippen molar-refractivity contribution in [3.63, 3.8) is 0 Å². The number of rotatable bonds is 1. The standard InChI is InChI=1S/C9H7NS/c1-2-7-3-5-8(6-4-7)9(10)11/h1,3-6H,(H2,10,11). The Hall–Kier alpha value is -1.33. The van der Waals surface area contributed by atoms with E-state index in [0.29, 0.717) is 4.99 Å². The van der Waals surface area contributed by atoms with Crippen LogP contribution in [0.4, 0.5) is 0 Å². The van der Waals surface area contributed by atoms with Crippen LogP contribution < -0.4 is 5.73 Å². The summed E-state index contributed by atoms with van der Waals surface area (Å²) in [6.45, 7) is 0. The highest BCUT2D eigenvalue weighted by molar-refractivity contribution is 7.80. The molecular weight excluding hydrogens is 154 g/mol. The lowest BCUT2D eigenvalue weighted by Crippen LogP contribution is -2.08. The fourth-order valence-electron chi connectivity index (χ4n) is 0.731. The summed E-state index contributed by atoms with van der Waals surface area (Å²) in [6, 6.07) is 7.26. The highest BCUT2D eigenvalue weighted by Crippen LogP contribution is 2.02. The average molecular weight is 161 g/mol. The van der Waals surface area contributed by atoms with Gasteiger partial charge in [-0.3, -0.25) is 0 Å². The molecule has 1 rings (SSSR count). The molecule has 0 aliphatic heterocycles. The minimum atomic E-state index is 0.397. The van der Waals surface area contributed by atoms with Crippen LogP contribution in [0.25, 0.3) is 0 Å². The quantitative estimate of drug-likeness (QED) is 0.496. The normalized spacial score (nSPS) is 8.64. The largest absolute Gasteiger partial charge is 0.389 e. The van der Waals surface area contributed by atoms with E-state index in [9.17, 15) is 0 Å². The second kappa shape index (κ2) is 3.18. The van der Waals surface area contributed by atoms with Gasteiger partial charge in [-0.2, -0.15) is 0 Å². The van der Waals surface area contributed by atoms with Gasteiger partial charge in [-0.1, -0.05) is 30.3 Å². The lowest BCUT2D eigenvalue weighted by molar-refractivity contribution is 1.59. The maximum absolute atomic E-state index is 5.39. The maximum atomic E-state index is 5.39. The van der Waals surface area contributed by atoms with Gasteiger partial charge in [0, 0.05) is 11.1 Å². The van der Waals surface area contributed by atoms with Gasteiger partial charge in [-0.25, -0.2) is 0 Å². The molecule has 1 nitrogen and oxygen atoms in total. The SMILES string of the molecule is C#Cc1ccc(C(N)=S)cc1. The Bertz CT molecular complexity index is 305. The van der Waals surface area contributed by atoms with E-state index in [1.807, 2.05) is 24.3 Å². The second-order valence-corrected chi connectivity index (χ2v) is 2.53. The molecule has 1 aromatic rings. The molecule has 0 aromatic heterocycles. The van der Waals surface area contributed by atoms with Crippen LogP contribution in [0.15, 0.2) is 24.3 Å². The number of benzene rings is 1. The Balaban J connectivity index is 3.03. The first-order valence-electron chi connectivity index (χ1n) is 3.10. The molecule has 0 unspecified atom stereocenters. The summed E-state index contributed by atoms with van der Waals surface area (Å²) < 4.78 is 0. The summed E-state index contributed by atoms with van der Waals surface area (Å²) in [5, 5.41) is 0. The summed E-state index contributed by atoms with van der Waals surface area (Å²) in [6.07, 6.45) is 5.16. The minimum absolute atomic E-state index is 0.397. The van der Waals surface area contributed by atoms with Crippen LogP contribution in [0.3, 0.4) is 0 Å². The molecule has 2 heteroatoms. The molecule has 11 heavy (non-hydrogen) atoms. The van der Waals surface area contributed by atoms with Gasteiger partial charge < -0.3 is 5.73 Å². The first-order valence-corrected chi connectivity index (χ1v) is 3.51. The van der Waals surface area contributed by atoms with Crippen molar-refractivity contribution in [3.8, 4) is 12.3 Å². The average Bonchev–Trinajstić information content (AvgIpc) is 2.05. The molecule has 0 aliphatic rings. The predicted octanol–water partition coefficient (Wildman–Crippen LogP) is 1.30. The molecule has 0 radical (unpaired) electrons. The van der Waals surface area contributed by atoms with Crippen LogP contribution >= 0.6 is 12.2 Å². The van der Waals surface area contributed by atoms with Gasteiger partial charge in [0.1, 0.15) is 4.99 Å². The Morgan fingerprint density at radius 3 is 2.27 bits per heavy atom. The minimum Gasteiger partial charge on any atom is -0.389 e. The highest BCUT2D eigenvalue weighted by atomic mass is 32.1. The van der Waals surface area contributed by atoms with E-state index >= 15 is 0 Å². The molecule has 0 bridgehead atoms. The highest BCUT2D eigenvalue weighted by Gasteiger charge is 1.93. The van der Waals surface area contributed by atoms with Crippen LogP contribution in [0.2, 0.25) is 0 Å². The molecule has 0 saturated heterocycles. The van der Waals surface area contributed by atoms with E-state index in [4.69, 9.17) is 24.4 Å². The Morgan fingerprint density at radius 1 is 1.36 bits per heavy atom. The number of hydrogen-bond donors (Lipinski definition) is 1. The van der Waals surface area contributed by atoms with Gasteiger partial charge in [0.25, 0.3) is 0 Å². The Labute approximate surface area is 71.2 Å². The molecule has 0 saturated carbocycles. The summed E-state index contributed by atoms with van der Waals surface area (Å²) in [5.74, 6) is 2.51. The van der Waals surface area contributed by atoms with Crippen molar-refractivity contribution in [2.24, 2.45) is 5.73 Å². The van der Waals surface area contributed by atoms with Crippen LogP contribution in [0, 0.1) is 12.3 Å². The van der Waals surface area contributed by atoms with Crippen LogP contribution in [-0.4, -0.2) is 4.99 Å². The molecule has 0 spiro atoms. The predicted molar refractivity (Wildman–Crippen MR) is 50.3 cm³/mol. The van der Waals surface area contributed by atoms with E-state index in [0.717, 1.165) is 11.1 Å². The third kappa shape index (κ3) is 1.79. The first-order chi connectivity index (χ1) is 5.24. The van der Waals surface area contributed by atoms with Gasteiger partial charge in [0.2, 0.25) is 0 Å². The maximum Gasteiger partial charge on any atom is 0.103 e. The summed E-state index contributed by atoms with van der Waals surface area (Å²) >= 11 is 4.77. The first kappa shape index (κ1) is 7.77. The number of terminal acetylenes is 1. The van der Waals surface area contributed by atoms with Crippen molar-refractivity contribution < 1.29 is 0 Å². The molecule has 0 aliphatic carbocycles. The monoisotopic (exact) mass is 161 g/mol. The van der Waals surface area contributed by atoms with Gasteiger partial charge in [0.05, 0.1) is 0 Å². The third-order valence-corrected chi connectivity index (χ3v) is 1.57.